The predicted octanol–water partition coefficient (Wildman–Crippen LogP) is 4.21. The van der Waals surface area contributed by atoms with Crippen molar-refractivity contribution in [1.29, 1.82) is 0 Å². The van der Waals surface area contributed by atoms with E-state index in [4.69, 9.17) is 26.6 Å². The van der Waals surface area contributed by atoms with Gasteiger partial charge in [0.1, 0.15) is 5.75 Å². The highest BCUT2D eigenvalue weighted by atomic mass is 35.5. The summed E-state index contributed by atoms with van der Waals surface area (Å²) in [6, 6.07) is 11.5. The van der Waals surface area contributed by atoms with Crippen molar-refractivity contribution in [3.8, 4) is 5.75 Å². The van der Waals surface area contributed by atoms with Gasteiger partial charge in [-0.1, -0.05) is 41.0 Å². The molecule has 0 bridgehead atoms. The summed E-state index contributed by atoms with van der Waals surface area (Å²) >= 11 is 6.21. The van der Waals surface area contributed by atoms with E-state index < -0.39 is 5.54 Å². The molecule has 1 heterocycles. The number of nitrogens with two attached hydrogens (primary N) is 1. The minimum Gasteiger partial charge on any atom is -0.483 e. The molecule has 0 saturated heterocycles. The number of halogens is 2. The van der Waals surface area contributed by atoms with Crippen LogP contribution in [0, 0.1) is 0 Å². The maximum Gasteiger partial charge on any atom is 0.264 e. The number of benzene rings is 2. The summed E-state index contributed by atoms with van der Waals surface area (Å²) in [6.45, 7) is 0.203. The molecular formula is C17H17Cl2N3O2. The summed E-state index contributed by atoms with van der Waals surface area (Å²) < 4.78 is 11.1. The van der Waals surface area contributed by atoms with Crippen LogP contribution in [-0.4, -0.2) is 10.1 Å². The molecule has 0 unspecified atom stereocenters. The summed E-state index contributed by atoms with van der Waals surface area (Å²) in [7, 11) is 0. The van der Waals surface area contributed by atoms with Gasteiger partial charge in [-0.15, -0.1) is 12.4 Å². The zero-order valence-corrected chi connectivity index (χ0v) is 14.4. The SMILES string of the molecule is Cl.NC1(c2noc(COc3ccc(Cl)c4ccccc34)n2)CCC1. The molecule has 2 N–H and O–H groups in total. The van der Waals surface area contributed by atoms with E-state index in [-0.39, 0.29) is 19.0 Å². The summed E-state index contributed by atoms with van der Waals surface area (Å²) in [5.41, 5.74) is 5.77. The molecule has 1 fully saturated rings. The van der Waals surface area contributed by atoms with Crippen molar-refractivity contribution in [2.24, 2.45) is 5.73 Å². The second-order valence-corrected chi connectivity index (χ2v) is 6.31. The Labute approximate surface area is 150 Å². The molecular weight excluding hydrogens is 349 g/mol. The Morgan fingerprint density at radius 2 is 1.92 bits per heavy atom. The van der Waals surface area contributed by atoms with Crippen molar-refractivity contribution in [3.63, 3.8) is 0 Å². The first-order valence-electron chi connectivity index (χ1n) is 7.58. The number of fused-ring (bicyclic) bond motifs is 1. The van der Waals surface area contributed by atoms with Gasteiger partial charge in [-0.2, -0.15) is 4.98 Å². The predicted molar refractivity (Wildman–Crippen MR) is 94.6 cm³/mol. The Bertz CT molecular complexity index is 862. The minimum atomic E-state index is -0.422. The number of hydrogen-bond acceptors (Lipinski definition) is 5. The number of ether oxygens (including phenoxy) is 1. The Morgan fingerprint density at radius 3 is 2.62 bits per heavy atom. The van der Waals surface area contributed by atoms with Gasteiger partial charge in [0.05, 0.1) is 5.54 Å². The lowest BCUT2D eigenvalue weighted by Gasteiger charge is -2.34. The van der Waals surface area contributed by atoms with Crippen LogP contribution in [0.15, 0.2) is 40.9 Å². The van der Waals surface area contributed by atoms with E-state index in [0.717, 1.165) is 35.8 Å². The third kappa shape index (κ3) is 2.95. The second kappa shape index (κ2) is 6.59. The highest BCUT2D eigenvalue weighted by Crippen LogP contribution is 2.37. The van der Waals surface area contributed by atoms with Crippen molar-refractivity contribution in [2.75, 3.05) is 0 Å². The molecule has 1 aliphatic rings. The van der Waals surface area contributed by atoms with Crippen molar-refractivity contribution in [2.45, 2.75) is 31.4 Å². The molecule has 1 saturated carbocycles. The fourth-order valence-electron chi connectivity index (χ4n) is 2.80. The minimum absolute atomic E-state index is 0. The third-order valence-electron chi connectivity index (χ3n) is 4.34. The Hall–Kier alpha value is -1.82. The molecule has 3 aromatic rings. The topological polar surface area (TPSA) is 74.2 Å². The molecule has 0 amide bonds. The van der Waals surface area contributed by atoms with Crippen LogP contribution < -0.4 is 10.5 Å². The Morgan fingerprint density at radius 1 is 1.17 bits per heavy atom. The van der Waals surface area contributed by atoms with Gasteiger partial charge in [-0.05, 0) is 31.4 Å². The van der Waals surface area contributed by atoms with Crippen LogP contribution in [0.5, 0.6) is 5.75 Å². The van der Waals surface area contributed by atoms with Gasteiger partial charge in [0, 0.05) is 15.8 Å². The van der Waals surface area contributed by atoms with Gasteiger partial charge >= 0.3 is 0 Å². The fourth-order valence-corrected chi connectivity index (χ4v) is 3.02. The van der Waals surface area contributed by atoms with Crippen LogP contribution in [0.3, 0.4) is 0 Å². The lowest BCUT2D eigenvalue weighted by atomic mass is 9.77. The number of hydrogen-bond donors (Lipinski definition) is 1. The average molecular weight is 366 g/mol. The zero-order valence-electron chi connectivity index (χ0n) is 12.9. The van der Waals surface area contributed by atoms with Crippen LogP contribution in [0.2, 0.25) is 5.02 Å². The van der Waals surface area contributed by atoms with Gasteiger partial charge in [0.2, 0.25) is 0 Å². The summed E-state index contributed by atoms with van der Waals surface area (Å²) in [5, 5.41) is 6.59. The highest BCUT2D eigenvalue weighted by molar-refractivity contribution is 6.35. The summed E-state index contributed by atoms with van der Waals surface area (Å²) in [5.74, 6) is 1.73. The number of rotatable bonds is 4. The lowest BCUT2D eigenvalue weighted by Crippen LogP contribution is -2.44. The van der Waals surface area contributed by atoms with Gasteiger partial charge in [-0.3, -0.25) is 0 Å². The van der Waals surface area contributed by atoms with Crippen molar-refractivity contribution >= 4 is 34.8 Å². The molecule has 1 aromatic heterocycles. The number of nitrogens with zero attached hydrogens (tertiary/aromatic N) is 2. The van der Waals surface area contributed by atoms with E-state index in [1.807, 2.05) is 36.4 Å². The molecule has 126 valence electrons. The van der Waals surface area contributed by atoms with Crippen LogP contribution in [0.1, 0.15) is 31.0 Å². The Balaban J connectivity index is 0.00000169. The van der Waals surface area contributed by atoms with Gasteiger partial charge in [0.25, 0.3) is 5.89 Å². The van der Waals surface area contributed by atoms with E-state index in [1.165, 1.54) is 0 Å². The Kier molecular flexibility index (Phi) is 4.67. The molecule has 2 aromatic carbocycles. The monoisotopic (exact) mass is 365 g/mol. The molecule has 0 radical (unpaired) electrons. The van der Waals surface area contributed by atoms with E-state index in [0.29, 0.717) is 16.7 Å². The first-order valence-corrected chi connectivity index (χ1v) is 7.95. The summed E-state index contributed by atoms with van der Waals surface area (Å²) in [6.07, 6.45) is 2.90. The first kappa shape index (κ1) is 17.0. The third-order valence-corrected chi connectivity index (χ3v) is 4.67. The maximum absolute atomic E-state index is 6.21. The first-order chi connectivity index (χ1) is 11.2. The van der Waals surface area contributed by atoms with Crippen LogP contribution >= 0.6 is 24.0 Å². The molecule has 4 rings (SSSR count). The van der Waals surface area contributed by atoms with Crippen LogP contribution in [0.4, 0.5) is 0 Å². The molecule has 24 heavy (non-hydrogen) atoms. The highest BCUT2D eigenvalue weighted by Gasteiger charge is 2.38. The largest absolute Gasteiger partial charge is 0.483 e. The van der Waals surface area contributed by atoms with Gasteiger partial charge in [-0.25, -0.2) is 0 Å². The molecule has 0 aliphatic heterocycles. The lowest BCUT2D eigenvalue weighted by molar-refractivity contribution is 0.223. The normalized spacial score (nSPS) is 15.6. The summed E-state index contributed by atoms with van der Waals surface area (Å²) in [4.78, 5) is 4.36. The molecule has 1 aliphatic carbocycles. The quantitative estimate of drug-likeness (QED) is 0.749. The maximum atomic E-state index is 6.21. The van der Waals surface area contributed by atoms with E-state index >= 15 is 0 Å². The standard InChI is InChI=1S/C17H16ClN3O2.ClH/c18-13-6-7-14(12-5-2-1-4-11(12)13)22-10-15-20-16(21-23-15)17(19)8-3-9-17;/h1-2,4-7H,3,8-10,19H2;1H. The molecule has 5 nitrogen and oxygen atoms in total. The zero-order chi connectivity index (χ0) is 15.9. The second-order valence-electron chi connectivity index (χ2n) is 5.90. The van der Waals surface area contributed by atoms with Gasteiger partial charge < -0.3 is 15.0 Å². The van der Waals surface area contributed by atoms with E-state index in [2.05, 4.69) is 10.1 Å². The number of aromatic nitrogens is 2. The molecule has 0 spiro atoms. The van der Waals surface area contributed by atoms with E-state index in [1.54, 1.807) is 0 Å². The van der Waals surface area contributed by atoms with Crippen LogP contribution in [-0.2, 0) is 12.1 Å². The average Bonchev–Trinajstić information content (AvgIpc) is 3.02. The van der Waals surface area contributed by atoms with Gasteiger partial charge in [0.15, 0.2) is 12.4 Å². The molecule has 7 heteroatoms. The van der Waals surface area contributed by atoms with Crippen LogP contribution in [0.25, 0.3) is 10.8 Å². The van der Waals surface area contributed by atoms with Crippen molar-refractivity contribution < 1.29 is 9.26 Å². The van der Waals surface area contributed by atoms with Crippen molar-refractivity contribution in [3.05, 3.63) is 53.1 Å². The molecule has 0 atom stereocenters. The fraction of sp³-hybridized carbons (Fsp3) is 0.294. The smallest absolute Gasteiger partial charge is 0.264 e. The van der Waals surface area contributed by atoms with E-state index in [9.17, 15) is 0 Å². The van der Waals surface area contributed by atoms with Crippen molar-refractivity contribution in [1.82, 2.24) is 10.1 Å².